The molecule has 4 rings (SSSR count). The summed E-state index contributed by atoms with van der Waals surface area (Å²) in [6, 6.07) is 6.23. The molecule has 3 aromatic rings. The van der Waals surface area contributed by atoms with Crippen LogP contribution in [-0.4, -0.2) is 38.5 Å². The summed E-state index contributed by atoms with van der Waals surface area (Å²) in [4.78, 5) is 27.4. The topological polar surface area (TPSA) is 118 Å². The van der Waals surface area contributed by atoms with Gasteiger partial charge in [0.1, 0.15) is 24.3 Å². The first kappa shape index (κ1) is 19.7. The van der Waals surface area contributed by atoms with Crippen LogP contribution in [0.2, 0.25) is 0 Å². The summed E-state index contributed by atoms with van der Waals surface area (Å²) >= 11 is 0. The van der Waals surface area contributed by atoms with Crippen molar-refractivity contribution in [3.05, 3.63) is 58.7 Å². The van der Waals surface area contributed by atoms with E-state index in [1.165, 1.54) is 17.3 Å². The minimum atomic E-state index is -0.711. The van der Waals surface area contributed by atoms with Gasteiger partial charge in [0.15, 0.2) is 0 Å². The maximum Gasteiger partial charge on any atom is 0.273 e. The van der Waals surface area contributed by atoms with Crippen LogP contribution in [0.3, 0.4) is 0 Å². The van der Waals surface area contributed by atoms with Gasteiger partial charge in [0.25, 0.3) is 5.91 Å². The number of pyridine rings is 3. The van der Waals surface area contributed by atoms with Crippen LogP contribution in [0.25, 0.3) is 10.9 Å². The second-order valence-electron chi connectivity index (χ2n) is 7.12. The molecule has 3 aromatic heterocycles. The van der Waals surface area contributed by atoms with Gasteiger partial charge in [-0.05, 0) is 30.7 Å². The summed E-state index contributed by atoms with van der Waals surface area (Å²) in [6.45, 7) is 1.77. The Morgan fingerprint density at radius 3 is 2.83 bits per heavy atom. The molecule has 2 N–H and O–H groups in total. The molecule has 0 aromatic carbocycles. The summed E-state index contributed by atoms with van der Waals surface area (Å²) < 4.78 is 19.0. The Labute approximate surface area is 172 Å². The minimum absolute atomic E-state index is 0.0938. The predicted octanol–water partition coefficient (Wildman–Crippen LogP) is 2.51. The number of carbonyl (C=O) groups is 1. The lowest BCUT2D eigenvalue weighted by molar-refractivity contribution is 0.0640. The van der Waals surface area contributed by atoms with Gasteiger partial charge < -0.3 is 15.4 Å². The standard InChI is InChI=1S/C21H19FN6O2/c1-12(5-22)28(9-14-3-2-13(6-23)7-25-14)21(29)18-4-15-16-10-30-11-17(16)20(24)27-19(15)8-26-18/h2-4,7-8,12H,5,9-11H2,1H3,(H2,24,27). The number of hydrogen-bond donors (Lipinski definition) is 1. The molecule has 0 bridgehead atoms. The average molecular weight is 406 g/mol. The molecule has 0 spiro atoms. The number of rotatable bonds is 5. The Bertz CT molecular complexity index is 1160. The van der Waals surface area contributed by atoms with E-state index in [9.17, 15) is 9.18 Å². The SMILES string of the molecule is CC(CF)N(Cc1ccc(C#N)cn1)C(=O)c1cc2c3c(c(N)nc2cn1)COC3. The summed E-state index contributed by atoms with van der Waals surface area (Å²) in [7, 11) is 0. The maximum absolute atomic E-state index is 13.5. The largest absolute Gasteiger partial charge is 0.383 e. The van der Waals surface area contributed by atoms with E-state index >= 15 is 0 Å². The van der Waals surface area contributed by atoms with Gasteiger partial charge >= 0.3 is 0 Å². The summed E-state index contributed by atoms with van der Waals surface area (Å²) in [5, 5.41) is 9.66. The first-order valence-electron chi connectivity index (χ1n) is 9.38. The zero-order valence-corrected chi connectivity index (χ0v) is 16.3. The van der Waals surface area contributed by atoms with Crippen LogP contribution < -0.4 is 5.73 Å². The number of nitriles is 1. The summed E-state index contributed by atoms with van der Waals surface area (Å²) in [5.74, 6) is -0.0202. The van der Waals surface area contributed by atoms with Gasteiger partial charge in [0.2, 0.25) is 0 Å². The molecule has 0 radical (unpaired) electrons. The highest BCUT2D eigenvalue weighted by Crippen LogP contribution is 2.31. The second kappa shape index (κ2) is 8.00. The number of nitrogens with zero attached hydrogens (tertiary/aromatic N) is 5. The summed E-state index contributed by atoms with van der Waals surface area (Å²) in [5.41, 5.74) is 9.42. The highest BCUT2D eigenvalue weighted by atomic mass is 19.1. The smallest absolute Gasteiger partial charge is 0.273 e. The van der Waals surface area contributed by atoms with Crippen LogP contribution in [0.4, 0.5) is 10.2 Å². The first-order valence-corrected chi connectivity index (χ1v) is 9.38. The Balaban J connectivity index is 1.69. The van der Waals surface area contributed by atoms with E-state index in [4.69, 9.17) is 15.7 Å². The third-order valence-electron chi connectivity index (χ3n) is 5.14. The van der Waals surface area contributed by atoms with E-state index in [2.05, 4.69) is 15.0 Å². The molecular weight excluding hydrogens is 387 g/mol. The van der Waals surface area contributed by atoms with Crippen LogP contribution in [0.1, 0.15) is 39.8 Å². The molecule has 0 saturated carbocycles. The molecule has 0 saturated heterocycles. The van der Waals surface area contributed by atoms with Crippen molar-refractivity contribution in [3.63, 3.8) is 0 Å². The molecule has 1 amide bonds. The van der Waals surface area contributed by atoms with Crippen molar-refractivity contribution in [1.29, 1.82) is 5.26 Å². The number of amides is 1. The van der Waals surface area contributed by atoms with E-state index in [1.54, 1.807) is 25.1 Å². The molecule has 30 heavy (non-hydrogen) atoms. The Morgan fingerprint density at radius 2 is 2.13 bits per heavy atom. The number of hydrogen-bond acceptors (Lipinski definition) is 7. The molecule has 0 aliphatic carbocycles. The van der Waals surface area contributed by atoms with Crippen molar-refractivity contribution in [1.82, 2.24) is 19.9 Å². The van der Waals surface area contributed by atoms with Crippen LogP contribution >= 0.6 is 0 Å². The number of alkyl halides is 1. The molecule has 9 heteroatoms. The molecule has 1 unspecified atom stereocenters. The molecule has 4 heterocycles. The van der Waals surface area contributed by atoms with E-state index in [-0.39, 0.29) is 12.2 Å². The minimum Gasteiger partial charge on any atom is -0.383 e. The third-order valence-corrected chi connectivity index (χ3v) is 5.14. The number of nitrogen functional groups attached to an aromatic ring is 1. The lowest BCUT2D eigenvalue weighted by atomic mass is 10.1. The van der Waals surface area contributed by atoms with Crippen molar-refractivity contribution in [2.75, 3.05) is 12.4 Å². The highest BCUT2D eigenvalue weighted by molar-refractivity contribution is 5.97. The first-order chi connectivity index (χ1) is 14.5. The van der Waals surface area contributed by atoms with Gasteiger partial charge in [0.05, 0.1) is 48.8 Å². The lowest BCUT2D eigenvalue weighted by Crippen LogP contribution is -2.40. The molecular formula is C21H19FN6O2. The Morgan fingerprint density at radius 1 is 1.33 bits per heavy atom. The van der Waals surface area contributed by atoms with Crippen molar-refractivity contribution in [2.24, 2.45) is 0 Å². The molecule has 1 aliphatic heterocycles. The highest BCUT2D eigenvalue weighted by Gasteiger charge is 2.25. The van der Waals surface area contributed by atoms with Crippen molar-refractivity contribution < 1.29 is 13.9 Å². The van der Waals surface area contributed by atoms with E-state index in [0.717, 1.165) is 16.5 Å². The number of carbonyl (C=O) groups excluding carboxylic acids is 1. The quantitative estimate of drug-likeness (QED) is 0.691. The maximum atomic E-state index is 13.5. The van der Waals surface area contributed by atoms with E-state index in [1.807, 2.05) is 6.07 Å². The van der Waals surface area contributed by atoms with Crippen LogP contribution in [0, 0.1) is 11.3 Å². The predicted molar refractivity (Wildman–Crippen MR) is 107 cm³/mol. The van der Waals surface area contributed by atoms with Crippen molar-refractivity contribution in [3.8, 4) is 6.07 Å². The fourth-order valence-corrected chi connectivity index (χ4v) is 3.41. The van der Waals surface area contributed by atoms with Crippen LogP contribution in [0.5, 0.6) is 0 Å². The zero-order valence-electron chi connectivity index (χ0n) is 16.3. The second-order valence-corrected chi connectivity index (χ2v) is 7.12. The van der Waals surface area contributed by atoms with Crippen molar-refractivity contribution >= 4 is 22.6 Å². The Kier molecular flexibility index (Phi) is 5.25. The van der Waals surface area contributed by atoms with Crippen LogP contribution in [-0.2, 0) is 24.5 Å². The average Bonchev–Trinajstić information content (AvgIpc) is 3.28. The van der Waals surface area contributed by atoms with E-state index < -0.39 is 18.6 Å². The van der Waals surface area contributed by atoms with Crippen molar-refractivity contribution in [2.45, 2.75) is 32.7 Å². The fourth-order valence-electron chi connectivity index (χ4n) is 3.41. The van der Waals surface area contributed by atoms with Crippen LogP contribution in [0.15, 0.2) is 30.6 Å². The summed E-state index contributed by atoms with van der Waals surface area (Å²) in [6.07, 6.45) is 2.92. The third kappa shape index (κ3) is 3.53. The fraction of sp³-hybridized carbons (Fsp3) is 0.286. The monoisotopic (exact) mass is 406 g/mol. The Hall–Kier alpha value is -3.64. The number of fused-ring (bicyclic) bond motifs is 3. The molecule has 8 nitrogen and oxygen atoms in total. The normalized spacial score (nSPS) is 13.6. The number of nitrogens with two attached hydrogens (primary N) is 1. The molecule has 1 atom stereocenters. The lowest BCUT2D eigenvalue weighted by Gasteiger charge is -2.27. The number of ether oxygens (including phenoxy) is 1. The van der Waals surface area contributed by atoms with E-state index in [0.29, 0.717) is 35.8 Å². The number of halogens is 1. The van der Waals surface area contributed by atoms with Gasteiger partial charge in [-0.2, -0.15) is 5.26 Å². The van der Waals surface area contributed by atoms with Gasteiger partial charge in [-0.25, -0.2) is 14.4 Å². The number of aromatic nitrogens is 3. The van der Waals surface area contributed by atoms with Gasteiger partial charge in [-0.15, -0.1) is 0 Å². The molecule has 0 fully saturated rings. The van der Waals surface area contributed by atoms with Gasteiger partial charge in [-0.1, -0.05) is 0 Å². The number of anilines is 1. The molecule has 1 aliphatic rings. The zero-order chi connectivity index (χ0) is 21.3. The van der Waals surface area contributed by atoms with Gasteiger partial charge in [0, 0.05) is 17.1 Å². The van der Waals surface area contributed by atoms with Gasteiger partial charge in [-0.3, -0.25) is 9.78 Å². The molecule has 152 valence electrons.